The van der Waals surface area contributed by atoms with E-state index in [1.807, 2.05) is 0 Å². The largest absolute Gasteiger partial charge is 0.497 e. The number of methoxy groups -OCH3 is 1. The van der Waals surface area contributed by atoms with Gasteiger partial charge >= 0.3 is 6.03 Å². The Kier molecular flexibility index (Phi) is 4.68. The fraction of sp³-hybridized carbons (Fsp3) is 0.312. The number of amides is 4. The van der Waals surface area contributed by atoms with E-state index in [0.29, 0.717) is 11.3 Å². The number of imide groups is 1. The first kappa shape index (κ1) is 16.5. The maximum Gasteiger partial charge on any atom is 0.325 e. The highest BCUT2D eigenvalue weighted by Gasteiger charge is 2.49. The third-order valence-electron chi connectivity index (χ3n) is 3.69. The molecule has 0 radical (unpaired) electrons. The van der Waals surface area contributed by atoms with Crippen LogP contribution in [-0.2, 0) is 15.1 Å². The standard InChI is InChI=1S/C16H19N3O4/c1-4-9-17-13(20)10-19-14(21)16(2,18-15(19)22)11-5-7-12(23-3)8-6-11/h4-8H,1,9-10H2,2-3H3,(H,17,20)(H,18,22)/t16-/m0/s1. The molecule has 7 heteroatoms. The number of carbonyl (C=O) groups is 3. The van der Waals surface area contributed by atoms with Gasteiger partial charge in [0.25, 0.3) is 5.91 Å². The van der Waals surface area contributed by atoms with Crippen LogP contribution in [-0.4, -0.2) is 42.9 Å². The molecule has 4 amide bonds. The number of carbonyl (C=O) groups excluding carboxylic acids is 3. The van der Waals surface area contributed by atoms with Gasteiger partial charge in [0.1, 0.15) is 17.8 Å². The van der Waals surface area contributed by atoms with Gasteiger partial charge in [0.2, 0.25) is 5.91 Å². The molecule has 1 atom stereocenters. The summed E-state index contributed by atoms with van der Waals surface area (Å²) in [6, 6.07) is 6.23. The van der Waals surface area contributed by atoms with Crippen molar-refractivity contribution >= 4 is 17.8 Å². The average Bonchev–Trinajstić information content (AvgIpc) is 2.77. The molecule has 0 bridgehead atoms. The number of hydrogen-bond acceptors (Lipinski definition) is 4. The van der Waals surface area contributed by atoms with Crippen LogP contribution in [0.4, 0.5) is 4.79 Å². The number of nitrogens with one attached hydrogen (secondary N) is 2. The smallest absolute Gasteiger partial charge is 0.325 e. The van der Waals surface area contributed by atoms with E-state index >= 15 is 0 Å². The van der Waals surface area contributed by atoms with E-state index in [0.717, 1.165) is 4.90 Å². The molecule has 23 heavy (non-hydrogen) atoms. The van der Waals surface area contributed by atoms with Crippen molar-refractivity contribution in [3.8, 4) is 5.75 Å². The molecule has 1 aliphatic heterocycles. The quantitative estimate of drug-likeness (QED) is 0.599. The predicted octanol–water partition coefficient (Wildman–Crippen LogP) is 0.764. The summed E-state index contributed by atoms with van der Waals surface area (Å²) in [4.78, 5) is 37.3. The van der Waals surface area contributed by atoms with Gasteiger partial charge in [-0.1, -0.05) is 18.2 Å². The Labute approximate surface area is 134 Å². The number of benzene rings is 1. The minimum atomic E-state index is -1.21. The Hall–Kier alpha value is -2.83. The van der Waals surface area contributed by atoms with Gasteiger partial charge in [-0.05, 0) is 24.6 Å². The minimum absolute atomic E-state index is 0.276. The first-order valence-electron chi connectivity index (χ1n) is 7.08. The summed E-state index contributed by atoms with van der Waals surface area (Å²) in [7, 11) is 1.54. The lowest BCUT2D eigenvalue weighted by atomic mass is 9.92. The van der Waals surface area contributed by atoms with Gasteiger partial charge in [0, 0.05) is 6.54 Å². The van der Waals surface area contributed by atoms with Crippen molar-refractivity contribution in [3.05, 3.63) is 42.5 Å². The van der Waals surface area contributed by atoms with Gasteiger partial charge in [-0.25, -0.2) is 4.79 Å². The Bertz CT molecular complexity index is 641. The van der Waals surface area contributed by atoms with Crippen LogP contribution < -0.4 is 15.4 Å². The molecule has 0 spiro atoms. The molecule has 1 aliphatic rings. The maximum atomic E-state index is 12.6. The van der Waals surface area contributed by atoms with E-state index in [9.17, 15) is 14.4 Å². The fourth-order valence-electron chi connectivity index (χ4n) is 2.35. The minimum Gasteiger partial charge on any atom is -0.497 e. The number of rotatable bonds is 6. The summed E-state index contributed by atoms with van der Waals surface area (Å²) < 4.78 is 5.08. The van der Waals surface area contributed by atoms with Gasteiger partial charge in [-0.2, -0.15) is 0 Å². The van der Waals surface area contributed by atoms with Crippen LogP contribution in [0.5, 0.6) is 5.75 Å². The van der Waals surface area contributed by atoms with Crippen molar-refractivity contribution in [2.75, 3.05) is 20.2 Å². The van der Waals surface area contributed by atoms with E-state index in [1.165, 1.54) is 6.08 Å². The maximum absolute atomic E-state index is 12.6. The van der Waals surface area contributed by atoms with Gasteiger partial charge in [0.15, 0.2) is 0 Å². The van der Waals surface area contributed by atoms with Gasteiger partial charge in [0.05, 0.1) is 7.11 Å². The molecule has 7 nitrogen and oxygen atoms in total. The molecule has 0 unspecified atom stereocenters. The molecule has 2 rings (SSSR count). The lowest BCUT2D eigenvalue weighted by molar-refractivity contribution is -0.134. The van der Waals surface area contributed by atoms with Crippen molar-refractivity contribution in [3.63, 3.8) is 0 Å². The summed E-state index contributed by atoms with van der Waals surface area (Å²) >= 11 is 0. The average molecular weight is 317 g/mol. The van der Waals surface area contributed by atoms with Crippen molar-refractivity contribution in [2.45, 2.75) is 12.5 Å². The zero-order valence-electron chi connectivity index (χ0n) is 13.1. The first-order chi connectivity index (χ1) is 10.9. The van der Waals surface area contributed by atoms with Crippen LogP contribution >= 0.6 is 0 Å². The first-order valence-corrected chi connectivity index (χ1v) is 7.08. The zero-order chi connectivity index (χ0) is 17.0. The fourth-order valence-corrected chi connectivity index (χ4v) is 2.35. The number of nitrogens with zero attached hydrogens (tertiary/aromatic N) is 1. The molecular weight excluding hydrogens is 298 g/mol. The Morgan fingerprint density at radius 3 is 2.61 bits per heavy atom. The SMILES string of the molecule is C=CCNC(=O)CN1C(=O)N[C@@](C)(c2ccc(OC)cc2)C1=O. The van der Waals surface area contributed by atoms with E-state index in [2.05, 4.69) is 17.2 Å². The molecule has 2 N–H and O–H groups in total. The summed E-state index contributed by atoms with van der Waals surface area (Å²) in [5, 5.41) is 5.18. The highest BCUT2D eigenvalue weighted by molar-refractivity contribution is 6.09. The van der Waals surface area contributed by atoms with E-state index in [-0.39, 0.29) is 13.1 Å². The highest BCUT2D eigenvalue weighted by atomic mass is 16.5. The molecule has 1 heterocycles. The highest BCUT2D eigenvalue weighted by Crippen LogP contribution is 2.29. The molecular formula is C16H19N3O4. The summed E-state index contributed by atoms with van der Waals surface area (Å²) in [5.41, 5.74) is -0.590. The van der Waals surface area contributed by atoms with Crippen LogP contribution in [0.3, 0.4) is 0 Å². The molecule has 1 aromatic rings. The third-order valence-corrected chi connectivity index (χ3v) is 3.69. The van der Waals surface area contributed by atoms with E-state index < -0.39 is 23.4 Å². The number of hydrogen-bond donors (Lipinski definition) is 2. The van der Waals surface area contributed by atoms with Crippen molar-refractivity contribution in [2.24, 2.45) is 0 Å². The van der Waals surface area contributed by atoms with Crippen LogP contribution in [0.25, 0.3) is 0 Å². The third kappa shape index (κ3) is 3.18. The zero-order valence-corrected chi connectivity index (χ0v) is 13.1. The van der Waals surface area contributed by atoms with Crippen molar-refractivity contribution in [1.82, 2.24) is 15.5 Å². The molecule has 122 valence electrons. The van der Waals surface area contributed by atoms with Gasteiger partial charge in [-0.3, -0.25) is 14.5 Å². The van der Waals surface area contributed by atoms with E-state index in [4.69, 9.17) is 4.74 Å². The second kappa shape index (κ2) is 6.51. The second-order valence-electron chi connectivity index (χ2n) is 5.27. The van der Waals surface area contributed by atoms with Gasteiger partial charge in [-0.15, -0.1) is 6.58 Å². The van der Waals surface area contributed by atoms with Crippen molar-refractivity contribution < 1.29 is 19.1 Å². The van der Waals surface area contributed by atoms with E-state index in [1.54, 1.807) is 38.3 Å². The molecule has 0 aromatic heterocycles. The Morgan fingerprint density at radius 2 is 2.04 bits per heavy atom. The van der Waals surface area contributed by atoms with Gasteiger partial charge < -0.3 is 15.4 Å². The monoisotopic (exact) mass is 317 g/mol. The molecule has 1 aromatic carbocycles. The molecule has 0 saturated carbocycles. The predicted molar refractivity (Wildman–Crippen MR) is 83.8 cm³/mol. The lowest BCUT2D eigenvalue weighted by Crippen LogP contribution is -2.43. The van der Waals surface area contributed by atoms with Crippen LogP contribution in [0.1, 0.15) is 12.5 Å². The second-order valence-corrected chi connectivity index (χ2v) is 5.27. The Morgan fingerprint density at radius 1 is 1.39 bits per heavy atom. The number of ether oxygens (including phenoxy) is 1. The topological polar surface area (TPSA) is 87.7 Å². The molecule has 1 saturated heterocycles. The molecule has 1 fully saturated rings. The summed E-state index contributed by atoms with van der Waals surface area (Å²) in [5.74, 6) is -0.247. The van der Waals surface area contributed by atoms with Crippen LogP contribution in [0, 0.1) is 0 Å². The lowest BCUT2D eigenvalue weighted by Gasteiger charge is -2.22. The Balaban J connectivity index is 2.18. The normalized spacial score (nSPS) is 20.2. The van der Waals surface area contributed by atoms with Crippen molar-refractivity contribution in [1.29, 1.82) is 0 Å². The summed E-state index contributed by atoms with van der Waals surface area (Å²) in [6.45, 7) is 5.04. The molecule has 0 aliphatic carbocycles. The van der Waals surface area contributed by atoms with Crippen LogP contribution in [0.2, 0.25) is 0 Å². The summed E-state index contributed by atoms with van der Waals surface area (Å²) in [6.07, 6.45) is 1.52. The number of urea groups is 1. The van der Waals surface area contributed by atoms with Crippen LogP contribution in [0.15, 0.2) is 36.9 Å².